The maximum atomic E-state index is 13.0. The van der Waals surface area contributed by atoms with Gasteiger partial charge in [0.2, 0.25) is 0 Å². The number of aliphatic hydroxyl groups excluding tert-OH is 7. The second-order valence-corrected chi connectivity index (χ2v) is 18.0. The molecule has 2 saturated heterocycles. The summed E-state index contributed by atoms with van der Waals surface area (Å²) < 4.78 is 34.2. The first-order valence-electron chi connectivity index (χ1n) is 25.3. The number of ether oxygens (including phenoxy) is 6. The summed E-state index contributed by atoms with van der Waals surface area (Å²) >= 11 is 0. The van der Waals surface area contributed by atoms with Crippen molar-refractivity contribution < 1.29 is 69.0 Å². The molecule has 11 unspecified atom stereocenters. The Kier molecular flexibility index (Phi) is 34.7. The summed E-state index contributed by atoms with van der Waals surface area (Å²) in [5.74, 6) is -0.375. The van der Waals surface area contributed by atoms with Gasteiger partial charge in [-0.2, -0.15) is 0 Å². The normalized spacial score (nSPS) is 27.0. The number of esters is 1. The molecule has 2 aliphatic rings. The number of carbonyl (C=O) groups excluding carboxylic acids is 1. The van der Waals surface area contributed by atoms with Crippen LogP contribution in [0.1, 0.15) is 194 Å². The van der Waals surface area contributed by atoms with Crippen molar-refractivity contribution in [3.8, 4) is 0 Å². The van der Waals surface area contributed by atoms with Gasteiger partial charge in [0, 0.05) is 13.0 Å². The third-order valence-electron chi connectivity index (χ3n) is 12.3. The predicted molar refractivity (Wildman–Crippen MR) is 243 cm³/mol. The Balaban J connectivity index is 1.78. The van der Waals surface area contributed by atoms with E-state index in [-0.39, 0.29) is 25.6 Å². The van der Waals surface area contributed by atoms with E-state index in [1.54, 1.807) is 0 Å². The Hall–Kier alpha value is -1.27. The van der Waals surface area contributed by atoms with Crippen molar-refractivity contribution in [2.24, 2.45) is 0 Å². The molecule has 0 amide bonds. The summed E-state index contributed by atoms with van der Waals surface area (Å²) in [5, 5.41) is 72.0. The van der Waals surface area contributed by atoms with Gasteiger partial charge < -0.3 is 64.2 Å². The van der Waals surface area contributed by atoms with Gasteiger partial charge in [0.05, 0.1) is 26.4 Å². The summed E-state index contributed by atoms with van der Waals surface area (Å²) in [6, 6.07) is 0. The average molecular weight is 905 g/mol. The molecule has 0 aliphatic carbocycles. The maximum absolute atomic E-state index is 13.0. The van der Waals surface area contributed by atoms with Crippen molar-refractivity contribution in [1.82, 2.24) is 0 Å². The summed E-state index contributed by atoms with van der Waals surface area (Å²) in [6.07, 6.45) is 21.3. The zero-order valence-electron chi connectivity index (χ0n) is 39.3. The Morgan fingerprint density at radius 3 is 1.46 bits per heavy atom. The number of aliphatic hydroxyl groups is 7. The van der Waals surface area contributed by atoms with Crippen LogP contribution in [0.15, 0.2) is 12.2 Å². The molecule has 0 radical (unpaired) electrons. The minimum absolute atomic E-state index is 0.0625. The van der Waals surface area contributed by atoms with Crippen molar-refractivity contribution in [2.75, 3.05) is 33.0 Å². The van der Waals surface area contributed by atoms with Gasteiger partial charge in [-0.05, 0) is 38.5 Å². The van der Waals surface area contributed by atoms with E-state index in [4.69, 9.17) is 28.4 Å². The van der Waals surface area contributed by atoms with Crippen LogP contribution in [0.25, 0.3) is 0 Å². The summed E-state index contributed by atoms with van der Waals surface area (Å²) in [5.41, 5.74) is 0. The zero-order valence-corrected chi connectivity index (χ0v) is 39.3. The largest absolute Gasteiger partial charge is 0.457 e. The van der Waals surface area contributed by atoms with Gasteiger partial charge in [-0.15, -0.1) is 0 Å². The van der Waals surface area contributed by atoms with Crippen LogP contribution < -0.4 is 0 Å². The van der Waals surface area contributed by atoms with E-state index in [1.165, 1.54) is 122 Å². The lowest BCUT2D eigenvalue weighted by Gasteiger charge is -2.42. The predicted octanol–water partition coefficient (Wildman–Crippen LogP) is 7.07. The van der Waals surface area contributed by atoms with Crippen LogP contribution in [-0.2, 0) is 33.2 Å². The van der Waals surface area contributed by atoms with Gasteiger partial charge in [-0.1, -0.05) is 161 Å². The molecule has 0 saturated carbocycles. The molecular weight excluding hydrogens is 813 g/mol. The molecule has 0 aromatic heterocycles. The maximum Gasteiger partial charge on any atom is 0.306 e. The molecule has 0 spiro atoms. The molecule has 0 bridgehead atoms. The molecule has 14 nitrogen and oxygen atoms in total. The van der Waals surface area contributed by atoms with Gasteiger partial charge in [-0.25, -0.2) is 0 Å². The van der Waals surface area contributed by atoms with Crippen molar-refractivity contribution in [3.63, 3.8) is 0 Å². The van der Waals surface area contributed by atoms with Gasteiger partial charge in [0.25, 0.3) is 0 Å². The molecule has 63 heavy (non-hydrogen) atoms. The van der Waals surface area contributed by atoms with Gasteiger partial charge in [0.15, 0.2) is 12.6 Å². The van der Waals surface area contributed by atoms with E-state index in [1.807, 2.05) is 0 Å². The lowest BCUT2D eigenvalue weighted by molar-refractivity contribution is -0.332. The number of rotatable bonds is 40. The minimum Gasteiger partial charge on any atom is -0.457 e. The number of hydrogen-bond donors (Lipinski definition) is 7. The first-order chi connectivity index (χ1) is 30.6. The minimum atomic E-state index is -1.70. The number of allylic oxidation sites excluding steroid dienone is 2. The summed E-state index contributed by atoms with van der Waals surface area (Å²) in [6.45, 7) is 3.68. The van der Waals surface area contributed by atoms with Crippen LogP contribution >= 0.6 is 0 Å². The van der Waals surface area contributed by atoms with Gasteiger partial charge in [0.1, 0.15) is 54.9 Å². The molecule has 0 aromatic carbocycles. The fourth-order valence-corrected chi connectivity index (χ4v) is 8.10. The highest BCUT2D eigenvalue weighted by Gasteiger charge is 2.47. The number of carbonyl (C=O) groups is 1. The molecule has 7 N–H and O–H groups in total. The molecule has 2 heterocycles. The zero-order chi connectivity index (χ0) is 45.9. The lowest BCUT2D eigenvalue weighted by Crippen LogP contribution is -2.61. The first-order valence-corrected chi connectivity index (χ1v) is 25.3. The molecule has 2 fully saturated rings. The second kappa shape index (κ2) is 37.8. The Bertz CT molecular complexity index is 1100. The van der Waals surface area contributed by atoms with E-state index >= 15 is 0 Å². The molecular formula is C49H92O14. The van der Waals surface area contributed by atoms with E-state index in [0.29, 0.717) is 13.0 Å². The first kappa shape index (κ1) is 57.9. The van der Waals surface area contributed by atoms with E-state index in [0.717, 1.165) is 44.9 Å². The van der Waals surface area contributed by atoms with Gasteiger partial charge in [-0.3, -0.25) is 4.79 Å². The van der Waals surface area contributed by atoms with Crippen LogP contribution in [0, 0.1) is 0 Å². The van der Waals surface area contributed by atoms with Crippen molar-refractivity contribution in [2.45, 2.75) is 261 Å². The fraction of sp³-hybridized carbons (Fsp3) is 0.939. The van der Waals surface area contributed by atoms with Crippen molar-refractivity contribution in [3.05, 3.63) is 12.2 Å². The Morgan fingerprint density at radius 2 is 0.937 bits per heavy atom. The highest BCUT2D eigenvalue weighted by atomic mass is 16.7. The number of hydrogen-bond acceptors (Lipinski definition) is 14. The Morgan fingerprint density at radius 1 is 0.508 bits per heavy atom. The summed E-state index contributed by atoms with van der Waals surface area (Å²) in [4.78, 5) is 13.0. The van der Waals surface area contributed by atoms with Crippen molar-refractivity contribution >= 4 is 5.97 Å². The summed E-state index contributed by atoms with van der Waals surface area (Å²) in [7, 11) is 0. The SMILES string of the molecule is CCCCCC/C=C\CCCCCCCCOCC(COC1OC(COC2OC(CO)C(O)C(O)C2O)C(O)C(O)C1O)OC(=O)CCCCCCCCCCCCCCCCC. The second-order valence-electron chi connectivity index (χ2n) is 18.0. The highest BCUT2D eigenvalue weighted by Crippen LogP contribution is 2.26. The van der Waals surface area contributed by atoms with Crippen molar-refractivity contribution in [1.29, 1.82) is 0 Å². The quantitative estimate of drug-likeness (QED) is 0.0186. The van der Waals surface area contributed by atoms with Crippen LogP contribution in [0.2, 0.25) is 0 Å². The average Bonchev–Trinajstić information content (AvgIpc) is 3.28. The standard InChI is InChI=1S/C49H92O14/c1-3-5-7-9-11-13-15-17-19-20-22-24-26-28-30-32-41(51)61-38(35-58-33-31-29-27-25-23-21-18-16-14-12-10-8-6-4-2)36-59-48-47(57)45(55)43(53)40(63-48)37-60-49-46(56)44(54)42(52)39(34-50)62-49/h14,16,38-40,42-50,52-57H,3-13,15,17-37H2,1-2H3/b16-14-. The molecule has 2 aliphatic heterocycles. The molecule has 0 aromatic rings. The number of unbranched alkanes of at least 4 members (excludes halogenated alkanes) is 24. The molecule has 2 rings (SSSR count). The third kappa shape index (κ3) is 26.0. The Labute approximate surface area is 380 Å². The van der Waals surface area contributed by atoms with E-state index in [9.17, 15) is 40.5 Å². The fourth-order valence-electron chi connectivity index (χ4n) is 8.10. The van der Waals surface area contributed by atoms with Crippen LogP contribution in [0.4, 0.5) is 0 Å². The van der Waals surface area contributed by atoms with Crippen LogP contribution in [0.3, 0.4) is 0 Å². The lowest BCUT2D eigenvalue weighted by atomic mass is 9.98. The van der Waals surface area contributed by atoms with Crippen LogP contribution in [0.5, 0.6) is 0 Å². The van der Waals surface area contributed by atoms with E-state index < -0.39 is 80.7 Å². The van der Waals surface area contributed by atoms with Crippen LogP contribution in [-0.4, -0.2) is 142 Å². The molecule has 14 heteroatoms. The third-order valence-corrected chi connectivity index (χ3v) is 12.3. The smallest absolute Gasteiger partial charge is 0.306 e. The topological polar surface area (TPSA) is 214 Å². The molecule has 11 atom stereocenters. The van der Waals surface area contributed by atoms with Gasteiger partial charge >= 0.3 is 5.97 Å². The highest BCUT2D eigenvalue weighted by molar-refractivity contribution is 5.69. The monoisotopic (exact) mass is 905 g/mol. The molecule has 372 valence electrons. The van der Waals surface area contributed by atoms with E-state index in [2.05, 4.69) is 26.0 Å².